The van der Waals surface area contributed by atoms with Crippen LogP contribution in [0.15, 0.2) is 17.0 Å². The molecule has 1 aromatic rings. The SMILES string of the molecule is CNC(=O)[C@@H](O)CNS(=O)(=O)c1ccc(OC)c(Cl)c1Cl. The first-order valence-electron chi connectivity index (χ1n) is 5.66. The van der Waals surface area contributed by atoms with Crippen molar-refractivity contribution in [2.75, 3.05) is 20.7 Å². The largest absolute Gasteiger partial charge is 0.495 e. The fraction of sp³-hybridized carbons (Fsp3) is 0.364. The molecule has 1 amide bonds. The van der Waals surface area contributed by atoms with Crippen LogP contribution >= 0.6 is 23.2 Å². The van der Waals surface area contributed by atoms with Crippen molar-refractivity contribution in [3.63, 3.8) is 0 Å². The van der Waals surface area contributed by atoms with Crippen molar-refractivity contribution in [1.82, 2.24) is 10.0 Å². The minimum atomic E-state index is -4.04. The Morgan fingerprint density at radius 1 is 1.38 bits per heavy atom. The summed E-state index contributed by atoms with van der Waals surface area (Å²) in [4.78, 5) is 10.8. The van der Waals surface area contributed by atoms with E-state index in [-0.39, 0.29) is 20.7 Å². The number of likely N-dealkylation sites (N-methyl/N-ethyl adjacent to an activating group) is 1. The standard InChI is InChI=1S/C11H14Cl2N2O5S/c1-14-11(17)6(16)5-15-21(18,19)8-4-3-7(20-2)9(12)10(8)13/h3-4,6,15-16H,5H2,1-2H3,(H,14,17)/t6-/m0/s1. The van der Waals surface area contributed by atoms with E-state index < -0.39 is 28.6 Å². The van der Waals surface area contributed by atoms with Crippen LogP contribution in [-0.4, -0.2) is 46.2 Å². The monoisotopic (exact) mass is 356 g/mol. The summed E-state index contributed by atoms with van der Waals surface area (Å²) in [5, 5.41) is 11.3. The molecule has 0 aromatic heterocycles. The third kappa shape index (κ3) is 4.21. The van der Waals surface area contributed by atoms with Crippen LogP contribution in [0, 0.1) is 0 Å². The van der Waals surface area contributed by atoms with E-state index in [1.54, 1.807) is 0 Å². The Bertz CT molecular complexity index is 636. The first-order chi connectivity index (χ1) is 9.74. The highest BCUT2D eigenvalue weighted by Crippen LogP contribution is 2.36. The number of aliphatic hydroxyl groups is 1. The van der Waals surface area contributed by atoms with Crippen LogP contribution in [0.25, 0.3) is 0 Å². The molecule has 0 bridgehead atoms. The number of ether oxygens (including phenoxy) is 1. The number of hydrogen-bond acceptors (Lipinski definition) is 5. The number of carbonyl (C=O) groups is 1. The summed E-state index contributed by atoms with van der Waals surface area (Å²) in [5.41, 5.74) is 0. The number of benzene rings is 1. The highest BCUT2D eigenvalue weighted by molar-refractivity contribution is 7.89. The van der Waals surface area contributed by atoms with Crippen LogP contribution in [0.1, 0.15) is 0 Å². The molecular weight excluding hydrogens is 343 g/mol. The highest BCUT2D eigenvalue weighted by atomic mass is 35.5. The molecule has 0 saturated heterocycles. The number of carbonyl (C=O) groups excluding carboxylic acids is 1. The van der Waals surface area contributed by atoms with E-state index >= 15 is 0 Å². The number of aliphatic hydroxyl groups excluding tert-OH is 1. The lowest BCUT2D eigenvalue weighted by molar-refractivity contribution is -0.128. The third-order valence-electron chi connectivity index (χ3n) is 2.54. The number of hydrogen-bond donors (Lipinski definition) is 3. The van der Waals surface area contributed by atoms with Gasteiger partial charge >= 0.3 is 0 Å². The fourth-order valence-corrected chi connectivity index (χ4v) is 3.28. The lowest BCUT2D eigenvalue weighted by Gasteiger charge is -2.13. The van der Waals surface area contributed by atoms with Crippen LogP contribution in [0.5, 0.6) is 5.75 Å². The predicted molar refractivity (Wildman–Crippen MR) is 78.3 cm³/mol. The zero-order chi connectivity index (χ0) is 16.2. The number of methoxy groups -OCH3 is 1. The van der Waals surface area contributed by atoms with Crippen molar-refractivity contribution in [1.29, 1.82) is 0 Å². The average molecular weight is 357 g/mol. The second kappa shape index (κ2) is 7.28. The van der Waals surface area contributed by atoms with Crippen LogP contribution in [0.4, 0.5) is 0 Å². The zero-order valence-electron chi connectivity index (χ0n) is 11.2. The molecule has 0 aliphatic rings. The van der Waals surface area contributed by atoms with E-state index in [1.165, 1.54) is 26.3 Å². The van der Waals surface area contributed by atoms with Crippen molar-refractivity contribution in [3.8, 4) is 5.75 Å². The summed E-state index contributed by atoms with van der Waals surface area (Å²) in [7, 11) is -1.35. The zero-order valence-corrected chi connectivity index (χ0v) is 13.5. The van der Waals surface area contributed by atoms with Gasteiger partial charge in [0, 0.05) is 13.6 Å². The lowest BCUT2D eigenvalue weighted by atomic mass is 10.3. The number of nitrogens with one attached hydrogen (secondary N) is 2. The third-order valence-corrected chi connectivity index (χ3v) is 4.98. The minimum Gasteiger partial charge on any atom is -0.495 e. The fourth-order valence-electron chi connectivity index (χ4n) is 1.40. The molecule has 0 unspecified atom stereocenters. The Balaban J connectivity index is 2.99. The number of sulfonamides is 1. The molecule has 118 valence electrons. The van der Waals surface area contributed by atoms with Gasteiger partial charge in [0.1, 0.15) is 21.8 Å². The predicted octanol–water partition coefficient (Wildman–Crippen LogP) is 0.387. The topological polar surface area (TPSA) is 105 Å². The van der Waals surface area contributed by atoms with Crippen molar-refractivity contribution >= 4 is 39.1 Å². The average Bonchev–Trinajstić information content (AvgIpc) is 2.46. The summed E-state index contributed by atoms with van der Waals surface area (Å²) >= 11 is 11.8. The number of rotatable bonds is 6. The Kier molecular flexibility index (Phi) is 6.24. The summed E-state index contributed by atoms with van der Waals surface area (Å²) in [6.07, 6.45) is -1.52. The van der Waals surface area contributed by atoms with E-state index in [2.05, 4.69) is 10.0 Å². The van der Waals surface area contributed by atoms with E-state index in [0.29, 0.717) is 0 Å². The molecule has 0 aliphatic heterocycles. The molecule has 1 atom stereocenters. The molecule has 0 aliphatic carbocycles. The molecule has 1 rings (SSSR count). The van der Waals surface area contributed by atoms with Crippen molar-refractivity contribution in [2.45, 2.75) is 11.0 Å². The molecule has 7 nitrogen and oxygen atoms in total. The van der Waals surface area contributed by atoms with Gasteiger partial charge in [0.25, 0.3) is 0 Å². The number of halogens is 2. The van der Waals surface area contributed by atoms with Gasteiger partial charge < -0.3 is 15.2 Å². The quantitative estimate of drug-likeness (QED) is 0.683. The molecule has 0 fully saturated rings. The molecule has 1 aromatic carbocycles. The van der Waals surface area contributed by atoms with Gasteiger partial charge in [-0.15, -0.1) is 0 Å². The molecule has 21 heavy (non-hydrogen) atoms. The maximum Gasteiger partial charge on any atom is 0.249 e. The Labute approximate surface area is 132 Å². The van der Waals surface area contributed by atoms with Gasteiger partial charge in [0.15, 0.2) is 0 Å². The van der Waals surface area contributed by atoms with Gasteiger partial charge in [0.2, 0.25) is 15.9 Å². The summed E-state index contributed by atoms with van der Waals surface area (Å²) in [6.45, 7) is -0.498. The van der Waals surface area contributed by atoms with Gasteiger partial charge in [-0.25, -0.2) is 13.1 Å². The molecule has 0 saturated carbocycles. The minimum absolute atomic E-state index is 0.0473. The Morgan fingerprint density at radius 3 is 2.52 bits per heavy atom. The van der Waals surface area contributed by atoms with E-state index in [9.17, 15) is 18.3 Å². The van der Waals surface area contributed by atoms with Crippen LogP contribution < -0.4 is 14.8 Å². The van der Waals surface area contributed by atoms with E-state index in [0.717, 1.165) is 0 Å². The van der Waals surface area contributed by atoms with Gasteiger partial charge in [-0.2, -0.15) is 0 Å². The molecule has 0 heterocycles. The van der Waals surface area contributed by atoms with E-state index in [1.807, 2.05) is 0 Å². The second-order valence-electron chi connectivity index (χ2n) is 3.88. The van der Waals surface area contributed by atoms with Gasteiger partial charge in [-0.1, -0.05) is 23.2 Å². The Morgan fingerprint density at radius 2 is 2.00 bits per heavy atom. The Hall–Kier alpha value is -1.06. The van der Waals surface area contributed by atoms with Crippen LogP contribution in [-0.2, 0) is 14.8 Å². The van der Waals surface area contributed by atoms with Gasteiger partial charge in [0.05, 0.1) is 12.1 Å². The maximum atomic E-state index is 12.1. The maximum absolute atomic E-state index is 12.1. The normalized spacial score (nSPS) is 12.8. The van der Waals surface area contributed by atoms with Gasteiger partial charge in [-0.05, 0) is 12.1 Å². The molecule has 0 radical (unpaired) electrons. The highest BCUT2D eigenvalue weighted by Gasteiger charge is 2.24. The summed E-state index contributed by atoms with van der Waals surface area (Å²) < 4.78 is 31.2. The molecule has 3 N–H and O–H groups in total. The van der Waals surface area contributed by atoms with Crippen LogP contribution in [0.2, 0.25) is 10.0 Å². The smallest absolute Gasteiger partial charge is 0.249 e. The molecule has 10 heteroatoms. The number of amides is 1. The van der Waals surface area contributed by atoms with Gasteiger partial charge in [-0.3, -0.25) is 4.79 Å². The van der Waals surface area contributed by atoms with Crippen LogP contribution in [0.3, 0.4) is 0 Å². The van der Waals surface area contributed by atoms with Crippen molar-refractivity contribution < 1.29 is 23.1 Å². The first kappa shape index (κ1) is 18.0. The summed E-state index contributed by atoms with van der Waals surface area (Å²) in [5.74, 6) is -0.484. The van der Waals surface area contributed by atoms with Crippen molar-refractivity contribution in [3.05, 3.63) is 22.2 Å². The summed E-state index contributed by atoms with van der Waals surface area (Å²) in [6, 6.07) is 2.56. The first-order valence-corrected chi connectivity index (χ1v) is 7.89. The lowest BCUT2D eigenvalue weighted by Crippen LogP contribution is -2.41. The molecular formula is C11H14Cl2N2O5S. The molecule has 0 spiro atoms. The van der Waals surface area contributed by atoms with Crippen molar-refractivity contribution in [2.24, 2.45) is 0 Å². The second-order valence-corrected chi connectivity index (χ2v) is 6.37. The van der Waals surface area contributed by atoms with E-state index in [4.69, 9.17) is 27.9 Å².